The van der Waals surface area contributed by atoms with Gasteiger partial charge in [-0.2, -0.15) is 5.10 Å². The van der Waals surface area contributed by atoms with E-state index < -0.39 is 0 Å². The third-order valence-corrected chi connectivity index (χ3v) is 5.61. The fraction of sp³-hybridized carbons (Fsp3) is 0.440. The number of fused-ring (bicyclic) bond motifs is 3. The summed E-state index contributed by atoms with van der Waals surface area (Å²) in [6.07, 6.45) is 5.72. The van der Waals surface area contributed by atoms with Gasteiger partial charge in [-0.05, 0) is 24.5 Å². The quantitative estimate of drug-likeness (QED) is 0.668. The average molecular weight is 438 g/mol. The first-order valence-corrected chi connectivity index (χ1v) is 11.3. The minimum Gasteiger partial charge on any atom is -0.476 e. The van der Waals surface area contributed by atoms with Gasteiger partial charge in [-0.25, -0.2) is 0 Å². The van der Waals surface area contributed by atoms with Crippen molar-refractivity contribution >= 4 is 0 Å². The highest BCUT2D eigenvalue weighted by molar-refractivity contribution is 5.74. The van der Waals surface area contributed by atoms with Crippen LogP contribution in [0.2, 0.25) is 0 Å². The predicted molar refractivity (Wildman–Crippen MR) is 124 cm³/mol. The van der Waals surface area contributed by atoms with Crippen molar-refractivity contribution in [2.24, 2.45) is 0 Å². The molecule has 2 aromatic heterocycles. The first kappa shape index (κ1) is 22.3. The molecule has 1 N–H and O–H groups in total. The van der Waals surface area contributed by atoms with Gasteiger partial charge in [0.25, 0.3) is 0 Å². The lowest BCUT2D eigenvalue weighted by atomic mass is 9.92. The van der Waals surface area contributed by atoms with Crippen molar-refractivity contribution in [3.63, 3.8) is 0 Å². The smallest absolute Gasteiger partial charge is 0.197 e. The largest absolute Gasteiger partial charge is 0.476 e. The summed E-state index contributed by atoms with van der Waals surface area (Å²) < 4.78 is 19.2. The van der Waals surface area contributed by atoms with Crippen LogP contribution in [0.5, 0.6) is 5.88 Å². The molecule has 170 valence electrons. The lowest BCUT2D eigenvalue weighted by molar-refractivity contribution is -0.102. The number of benzene rings is 1. The minimum atomic E-state index is -0.107. The second kappa shape index (κ2) is 10.1. The number of ether oxygens (including phenoxy) is 3. The summed E-state index contributed by atoms with van der Waals surface area (Å²) in [4.78, 5) is 12.7. The van der Waals surface area contributed by atoms with Crippen molar-refractivity contribution in [3.8, 4) is 28.3 Å². The molecule has 7 nitrogen and oxygen atoms in total. The van der Waals surface area contributed by atoms with Crippen molar-refractivity contribution in [1.29, 1.82) is 0 Å². The van der Waals surface area contributed by atoms with Crippen LogP contribution in [0.1, 0.15) is 31.4 Å². The molecule has 0 saturated carbocycles. The molecule has 1 fully saturated rings. The van der Waals surface area contributed by atoms with Crippen LogP contribution in [0.25, 0.3) is 22.4 Å². The van der Waals surface area contributed by atoms with Gasteiger partial charge < -0.3 is 18.8 Å². The number of hydrogen-bond acceptors (Lipinski definition) is 5. The SMILES string of the molecule is CCC.Cc1c2n(c(OC[C@@H]3COCCO3)cc1=O)CCc1cc(-c3cn[nH]c3)ccc1-2. The molecular weight excluding hydrogens is 406 g/mol. The Morgan fingerprint density at radius 1 is 1.22 bits per heavy atom. The van der Waals surface area contributed by atoms with E-state index in [-0.39, 0.29) is 11.5 Å². The van der Waals surface area contributed by atoms with E-state index in [2.05, 4.69) is 46.8 Å². The van der Waals surface area contributed by atoms with Crippen LogP contribution in [-0.2, 0) is 22.4 Å². The van der Waals surface area contributed by atoms with Crippen molar-refractivity contribution in [2.75, 3.05) is 26.4 Å². The lowest BCUT2D eigenvalue weighted by Crippen LogP contribution is -2.34. The van der Waals surface area contributed by atoms with Gasteiger partial charge in [0.05, 0.1) is 31.7 Å². The number of pyridine rings is 1. The van der Waals surface area contributed by atoms with E-state index in [4.69, 9.17) is 14.2 Å². The van der Waals surface area contributed by atoms with Crippen molar-refractivity contribution in [1.82, 2.24) is 14.8 Å². The van der Waals surface area contributed by atoms with Crippen LogP contribution in [-0.4, -0.2) is 47.3 Å². The Bertz CT molecular complexity index is 1100. The first-order chi connectivity index (χ1) is 15.6. The number of rotatable bonds is 4. The highest BCUT2D eigenvalue weighted by Crippen LogP contribution is 2.36. The zero-order valence-electron chi connectivity index (χ0n) is 19.0. The molecule has 0 aliphatic carbocycles. The maximum Gasteiger partial charge on any atom is 0.197 e. The van der Waals surface area contributed by atoms with Gasteiger partial charge in [0.15, 0.2) is 11.3 Å². The Balaban J connectivity index is 0.000000775. The van der Waals surface area contributed by atoms with Gasteiger partial charge >= 0.3 is 0 Å². The second-order valence-electron chi connectivity index (χ2n) is 8.17. The number of aryl methyl sites for hydroxylation is 1. The van der Waals surface area contributed by atoms with Crippen LogP contribution in [0.4, 0.5) is 0 Å². The van der Waals surface area contributed by atoms with Crippen molar-refractivity contribution < 1.29 is 14.2 Å². The van der Waals surface area contributed by atoms with E-state index in [0.717, 1.165) is 40.9 Å². The molecule has 7 heteroatoms. The molecule has 0 amide bonds. The minimum absolute atomic E-state index is 0.0150. The molecule has 0 unspecified atom stereocenters. The first-order valence-electron chi connectivity index (χ1n) is 11.3. The summed E-state index contributed by atoms with van der Waals surface area (Å²) in [6, 6.07) is 7.95. The van der Waals surface area contributed by atoms with Gasteiger partial charge in [0, 0.05) is 35.5 Å². The number of hydrogen-bond donors (Lipinski definition) is 1. The van der Waals surface area contributed by atoms with E-state index in [1.807, 2.05) is 19.3 Å². The van der Waals surface area contributed by atoms with Gasteiger partial charge in [-0.3, -0.25) is 9.89 Å². The summed E-state index contributed by atoms with van der Waals surface area (Å²) in [5.74, 6) is 0.592. The van der Waals surface area contributed by atoms with Crippen LogP contribution < -0.4 is 10.2 Å². The molecule has 4 heterocycles. The summed E-state index contributed by atoms with van der Waals surface area (Å²) in [7, 11) is 0. The molecule has 1 atom stereocenters. The molecule has 3 aromatic rings. The molecule has 0 radical (unpaired) electrons. The standard InChI is InChI=1S/C22H23N3O4.C3H8/c1-14-20(26)9-21(29-13-18-12-27-6-7-28-18)25-5-4-16-8-15(17-10-23-24-11-17)2-3-19(16)22(14)25;1-3-2/h2-3,8-11,18H,4-7,12-13H2,1H3,(H,23,24);3H2,1-2H3/t18-;/m0./s1. The third-order valence-electron chi connectivity index (χ3n) is 5.61. The Labute approximate surface area is 188 Å². The number of nitrogens with zero attached hydrogens (tertiary/aromatic N) is 2. The van der Waals surface area contributed by atoms with Gasteiger partial charge in [-0.1, -0.05) is 38.5 Å². The van der Waals surface area contributed by atoms with Crippen LogP contribution in [0, 0.1) is 6.92 Å². The predicted octanol–water partition coefficient (Wildman–Crippen LogP) is 3.98. The number of nitrogens with one attached hydrogen (secondary N) is 1. The Hall–Kier alpha value is -2.90. The fourth-order valence-electron chi connectivity index (χ4n) is 4.08. The van der Waals surface area contributed by atoms with E-state index in [0.29, 0.717) is 32.3 Å². The van der Waals surface area contributed by atoms with E-state index in [1.54, 1.807) is 6.07 Å². The maximum absolute atomic E-state index is 12.7. The van der Waals surface area contributed by atoms with E-state index in [9.17, 15) is 4.79 Å². The van der Waals surface area contributed by atoms with Crippen LogP contribution >= 0.6 is 0 Å². The highest BCUT2D eigenvalue weighted by atomic mass is 16.6. The zero-order chi connectivity index (χ0) is 22.5. The summed E-state index contributed by atoms with van der Waals surface area (Å²) in [5.41, 5.74) is 6.15. The zero-order valence-corrected chi connectivity index (χ0v) is 19.0. The average Bonchev–Trinajstić information content (AvgIpc) is 3.36. The van der Waals surface area contributed by atoms with Gasteiger partial charge in [-0.15, -0.1) is 0 Å². The molecule has 2 aliphatic rings. The van der Waals surface area contributed by atoms with E-state index >= 15 is 0 Å². The third kappa shape index (κ3) is 4.64. The van der Waals surface area contributed by atoms with Gasteiger partial charge in [0.1, 0.15) is 12.7 Å². The number of aromatic amines is 1. The highest BCUT2D eigenvalue weighted by Gasteiger charge is 2.23. The Kier molecular flexibility index (Phi) is 7.07. The normalized spacial score (nSPS) is 17.0. The van der Waals surface area contributed by atoms with Crippen LogP contribution in [0.3, 0.4) is 0 Å². The Morgan fingerprint density at radius 3 is 2.78 bits per heavy atom. The molecular formula is C25H31N3O4. The molecule has 0 spiro atoms. The van der Waals surface area contributed by atoms with E-state index in [1.165, 1.54) is 12.0 Å². The fourth-order valence-corrected chi connectivity index (χ4v) is 4.08. The molecule has 2 aliphatic heterocycles. The topological polar surface area (TPSA) is 78.4 Å². The molecule has 1 saturated heterocycles. The molecule has 5 rings (SSSR count). The number of aromatic nitrogens is 3. The molecule has 32 heavy (non-hydrogen) atoms. The monoisotopic (exact) mass is 437 g/mol. The Morgan fingerprint density at radius 2 is 2.06 bits per heavy atom. The molecule has 1 aromatic carbocycles. The summed E-state index contributed by atoms with van der Waals surface area (Å²) >= 11 is 0. The van der Waals surface area contributed by atoms with Gasteiger partial charge in [0.2, 0.25) is 0 Å². The summed E-state index contributed by atoms with van der Waals surface area (Å²) in [6.45, 7) is 8.97. The summed E-state index contributed by atoms with van der Waals surface area (Å²) in [5, 5.41) is 6.89. The van der Waals surface area contributed by atoms with Crippen molar-refractivity contribution in [3.05, 3.63) is 58.0 Å². The maximum atomic E-state index is 12.7. The van der Waals surface area contributed by atoms with Crippen LogP contribution in [0.15, 0.2) is 41.5 Å². The second-order valence-corrected chi connectivity index (χ2v) is 8.17. The molecule has 0 bridgehead atoms. The van der Waals surface area contributed by atoms with Crippen molar-refractivity contribution in [2.45, 2.75) is 46.3 Å². The lowest BCUT2D eigenvalue weighted by Gasteiger charge is -2.28. The number of H-pyrrole nitrogens is 1.